The van der Waals surface area contributed by atoms with Crippen LogP contribution in [0, 0.1) is 12.7 Å². The number of thiazole rings is 1. The zero-order valence-corrected chi connectivity index (χ0v) is 23.5. The van der Waals surface area contributed by atoms with E-state index in [0.29, 0.717) is 34.6 Å². The van der Waals surface area contributed by atoms with Crippen molar-refractivity contribution in [2.24, 2.45) is 0 Å². The third-order valence-electron chi connectivity index (χ3n) is 6.59. The number of rotatable bonds is 9. The predicted molar refractivity (Wildman–Crippen MR) is 156 cm³/mol. The molecule has 39 heavy (non-hydrogen) atoms. The molecular weight excluding hydrogens is 535 g/mol. The highest BCUT2D eigenvalue weighted by Crippen LogP contribution is 2.38. The molecule has 1 fully saturated rings. The highest BCUT2D eigenvalue weighted by atomic mass is 32.2. The zero-order chi connectivity index (χ0) is 27.4. The summed E-state index contributed by atoms with van der Waals surface area (Å²) in [6.07, 6.45) is 4.36. The topological polar surface area (TPSA) is 109 Å². The van der Waals surface area contributed by atoms with Crippen molar-refractivity contribution in [3.63, 3.8) is 0 Å². The van der Waals surface area contributed by atoms with Crippen molar-refractivity contribution in [1.82, 2.24) is 20.3 Å². The first-order valence-electron chi connectivity index (χ1n) is 13.0. The van der Waals surface area contributed by atoms with Crippen LogP contribution >= 0.6 is 11.3 Å². The van der Waals surface area contributed by atoms with Gasteiger partial charge in [-0.05, 0) is 81.1 Å². The summed E-state index contributed by atoms with van der Waals surface area (Å²) in [6, 6.07) is 14.7. The molecule has 4 aromatic rings. The third kappa shape index (κ3) is 6.43. The van der Waals surface area contributed by atoms with Crippen LogP contribution in [0.25, 0.3) is 21.8 Å². The Morgan fingerprint density at radius 3 is 2.59 bits per heavy atom. The van der Waals surface area contributed by atoms with E-state index < -0.39 is 15.8 Å². The minimum atomic E-state index is -3.65. The number of benzene rings is 2. The molecule has 0 bridgehead atoms. The molecule has 204 valence electrons. The van der Waals surface area contributed by atoms with Gasteiger partial charge in [-0.1, -0.05) is 25.1 Å². The Labute approximate surface area is 232 Å². The van der Waals surface area contributed by atoms with Crippen LogP contribution in [0.2, 0.25) is 0 Å². The summed E-state index contributed by atoms with van der Waals surface area (Å²) < 4.78 is 42.4. The summed E-state index contributed by atoms with van der Waals surface area (Å²) in [4.78, 5) is 14.3. The summed E-state index contributed by atoms with van der Waals surface area (Å²) in [5.74, 6) is 0.231. The molecule has 1 aliphatic rings. The van der Waals surface area contributed by atoms with Crippen LogP contribution in [0.3, 0.4) is 0 Å². The van der Waals surface area contributed by atoms with Crippen molar-refractivity contribution in [2.45, 2.75) is 39.0 Å². The van der Waals surface area contributed by atoms with Crippen LogP contribution in [0.4, 0.5) is 21.7 Å². The predicted octanol–water partition coefficient (Wildman–Crippen LogP) is 6.08. The van der Waals surface area contributed by atoms with Crippen molar-refractivity contribution in [1.29, 1.82) is 0 Å². The first kappa shape index (κ1) is 27.2. The maximum absolute atomic E-state index is 15.6. The van der Waals surface area contributed by atoms with Crippen molar-refractivity contribution < 1.29 is 12.8 Å². The molecule has 5 rings (SSSR count). The van der Waals surface area contributed by atoms with Crippen LogP contribution in [-0.4, -0.2) is 42.2 Å². The van der Waals surface area contributed by atoms with E-state index in [-0.39, 0.29) is 17.0 Å². The van der Waals surface area contributed by atoms with Crippen LogP contribution < -0.4 is 15.4 Å². The number of anilines is 3. The lowest BCUT2D eigenvalue weighted by Gasteiger charge is -2.23. The van der Waals surface area contributed by atoms with Gasteiger partial charge < -0.3 is 10.6 Å². The van der Waals surface area contributed by atoms with Gasteiger partial charge in [0.25, 0.3) is 0 Å². The number of nitrogens with one attached hydrogen (secondary N) is 3. The summed E-state index contributed by atoms with van der Waals surface area (Å²) >= 11 is 1.39. The quantitative estimate of drug-likeness (QED) is 0.225. The van der Waals surface area contributed by atoms with Gasteiger partial charge in [0, 0.05) is 17.4 Å². The third-order valence-corrected chi connectivity index (χ3v) is 9.06. The van der Waals surface area contributed by atoms with Gasteiger partial charge in [-0.15, -0.1) is 11.3 Å². The summed E-state index contributed by atoms with van der Waals surface area (Å²) in [7, 11) is -3.65. The average molecular weight is 567 g/mol. The minimum absolute atomic E-state index is 0.0881. The fourth-order valence-corrected chi connectivity index (χ4v) is 6.77. The SMILES string of the molecule is CCCS(=O)(=O)Nc1cccc(-c2nc(C)sc2-c2ccnc(Nc3ccc(C4CCNCC4)cc3)n2)c1F. The standard InChI is InChI=1S/C28H31FN6O2S2/c1-3-17-39(36,37)35-23-6-4-5-22(25(23)29)26-27(38-18(2)32-26)24-13-16-31-28(34-24)33-21-9-7-19(8-10-21)20-11-14-30-15-12-20/h4-10,13,16,20,30,35H,3,11-12,14-15,17H2,1-2H3,(H,31,33,34). The van der Waals surface area contributed by atoms with E-state index in [1.54, 1.807) is 31.3 Å². The smallest absolute Gasteiger partial charge is 0.232 e. The Kier molecular flexibility index (Phi) is 8.20. The van der Waals surface area contributed by atoms with E-state index in [2.05, 4.69) is 37.5 Å². The number of aryl methyl sites for hydroxylation is 1. The van der Waals surface area contributed by atoms with E-state index in [9.17, 15) is 8.42 Å². The monoisotopic (exact) mass is 566 g/mol. The van der Waals surface area contributed by atoms with E-state index in [1.807, 2.05) is 19.1 Å². The second-order valence-electron chi connectivity index (χ2n) is 9.54. The molecule has 2 aromatic carbocycles. The Morgan fingerprint density at radius 2 is 1.85 bits per heavy atom. The molecule has 3 heterocycles. The molecule has 0 radical (unpaired) electrons. The van der Waals surface area contributed by atoms with Crippen LogP contribution in [0.15, 0.2) is 54.7 Å². The van der Waals surface area contributed by atoms with E-state index in [4.69, 9.17) is 4.98 Å². The summed E-state index contributed by atoms with van der Waals surface area (Å²) in [5.41, 5.74) is 3.31. The maximum atomic E-state index is 15.6. The molecule has 0 atom stereocenters. The number of sulfonamides is 1. The second kappa shape index (κ2) is 11.8. The van der Waals surface area contributed by atoms with E-state index in [0.717, 1.165) is 36.6 Å². The van der Waals surface area contributed by atoms with Gasteiger partial charge in [0.1, 0.15) is 0 Å². The molecule has 3 N–H and O–H groups in total. The van der Waals surface area contributed by atoms with Gasteiger partial charge in [0.2, 0.25) is 16.0 Å². The second-order valence-corrected chi connectivity index (χ2v) is 12.6. The molecule has 1 saturated heterocycles. The summed E-state index contributed by atoms with van der Waals surface area (Å²) in [5, 5.41) is 7.40. The zero-order valence-electron chi connectivity index (χ0n) is 21.9. The van der Waals surface area contributed by atoms with Crippen LogP contribution in [0.5, 0.6) is 0 Å². The summed E-state index contributed by atoms with van der Waals surface area (Å²) in [6.45, 7) is 5.69. The highest BCUT2D eigenvalue weighted by molar-refractivity contribution is 7.92. The fraction of sp³-hybridized carbons (Fsp3) is 0.321. The molecule has 0 aliphatic carbocycles. The van der Waals surface area contributed by atoms with Crippen molar-refractivity contribution in [3.8, 4) is 21.8 Å². The molecule has 0 amide bonds. The van der Waals surface area contributed by atoms with E-state index >= 15 is 4.39 Å². The van der Waals surface area contributed by atoms with Crippen molar-refractivity contribution in [3.05, 3.63) is 71.1 Å². The number of nitrogens with zero attached hydrogens (tertiary/aromatic N) is 3. The van der Waals surface area contributed by atoms with Gasteiger partial charge >= 0.3 is 0 Å². The lowest BCUT2D eigenvalue weighted by atomic mass is 9.90. The Hall–Kier alpha value is -3.41. The Bertz CT molecular complexity index is 1550. The maximum Gasteiger partial charge on any atom is 0.232 e. The highest BCUT2D eigenvalue weighted by Gasteiger charge is 2.21. The number of halogens is 1. The van der Waals surface area contributed by atoms with Gasteiger partial charge in [-0.3, -0.25) is 4.72 Å². The number of hydrogen-bond acceptors (Lipinski definition) is 8. The largest absolute Gasteiger partial charge is 0.324 e. The van der Waals surface area contributed by atoms with Crippen LogP contribution in [0.1, 0.15) is 42.7 Å². The molecule has 0 unspecified atom stereocenters. The number of aromatic nitrogens is 3. The molecule has 11 heteroatoms. The number of piperidine rings is 1. The van der Waals surface area contributed by atoms with Crippen molar-refractivity contribution in [2.75, 3.05) is 28.9 Å². The van der Waals surface area contributed by atoms with Crippen LogP contribution in [-0.2, 0) is 10.0 Å². The average Bonchev–Trinajstić information content (AvgIpc) is 3.32. The minimum Gasteiger partial charge on any atom is -0.324 e. The lowest BCUT2D eigenvalue weighted by molar-refractivity contribution is 0.460. The molecule has 2 aromatic heterocycles. The molecule has 0 saturated carbocycles. The van der Waals surface area contributed by atoms with Gasteiger partial charge in [0.05, 0.1) is 32.7 Å². The van der Waals surface area contributed by atoms with Crippen molar-refractivity contribution >= 4 is 38.7 Å². The van der Waals surface area contributed by atoms with Gasteiger partial charge in [-0.2, -0.15) is 0 Å². The Balaban J connectivity index is 1.41. The van der Waals surface area contributed by atoms with E-state index in [1.165, 1.54) is 23.0 Å². The van der Waals surface area contributed by atoms with Gasteiger partial charge in [-0.25, -0.2) is 27.8 Å². The molecule has 1 aliphatic heterocycles. The molecule has 0 spiro atoms. The molecule has 8 nitrogen and oxygen atoms in total. The fourth-order valence-electron chi connectivity index (χ4n) is 4.73. The molecular formula is C28H31FN6O2S2. The number of hydrogen-bond donors (Lipinski definition) is 3. The normalized spacial score (nSPS) is 14.3. The van der Waals surface area contributed by atoms with Gasteiger partial charge in [0.15, 0.2) is 5.82 Å². The first-order valence-corrected chi connectivity index (χ1v) is 15.5. The Morgan fingerprint density at radius 1 is 1.08 bits per heavy atom. The first-order chi connectivity index (χ1) is 18.8. The lowest BCUT2D eigenvalue weighted by Crippen LogP contribution is -2.26.